The summed E-state index contributed by atoms with van der Waals surface area (Å²) in [5, 5.41) is 0. The Labute approximate surface area is 135 Å². The average molecular weight is 300 g/mol. The number of fused-ring (bicyclic) bond motifs is 1. The normalized spacial score (nSPS) is 15.6. The van der Waals surface area contributed by atoms with Gasteiger partial charge in [-0.25, -0.2) is 4.39 Å². The molecule has 0 aliphatic heterocycles. The van der Waals surface area contributed by atoms with Gasteiger partial charge in [-0.15, -0.1) is 0 Å². The zero-order valence-electron chi connectivity index (χ0n) is 14.4. The first-order valence-corrected chi connectivity index (χ1v) is 8.59. The lowest BCUT2D eigenvalue weighted by Gasteiger charge is -2.25. The molecule has 0 heterocycles. The van der Waals surface area contributed by atoms with Gasteiger partial charge >= 0.3 is 0 Å². The molecule has 1 atom stereocenters. The van der Waals surface area contributed by atoms with Crippen molar-refractivity contribution in [3.8, 4) is 0 Å². The first-order valence-electron chi connectivity index (χ1n) is 8.59. The van der Waals surface area contributed by atoms with Crippen LogP contribution in [0.4, 0.5) is 4.39 Å². The molecule has 0 N–H and O–H groups in total. The Kier molecular flexibility index (Phi) is 8.50. The summed E-state index contributed by atoms with van der Waals surface area (Å²) >= 11 is 0. The fourth-order valence-electron chi connectivity index (χ4n) is 2.80. The second kappa shape index (κ2) is 10.2. The van der Waals surface area contributed by atoms with Gasteiger partial charge in [0.2, 0.25) is 0 Å². The molecule has 0 saturated carbocycles. The van der Waals surface area contributed by atoms with Crippen LogP contribution in [0.25, 0.3) is 0 Å². The molecule has 0 spiro atoms. The fraction of sp³-hybridized carbons (Fsp3) is 0.429. The molecule has 0 radical (unpaired) electrons. The molecule has 3 rings (SSSR count). The van der Waals surface area contributed by atoms with Gasteiger partial charge in [0.05, 0.1) is 0 Å². The molecule has 1 heteroatoms. The number of aryl methyl sites for hydroxylation is 1. The monoisotopic (exact) mass is 300 g/mol. The van der Waals surface area contributed by atoms with E-state index < -0.39 is 0 Å². The van der Waals surface area contributed by atoms with Gasteiger partial charge in [-0.3, -0.25) is 0 Å². The zero-order valence-corrected chi connectivity index (χ0v) is 14.4. The standard InChI is InChI=1S/C16H15F.C3H8.C2H6/c17-14-10-8-13(9-11-14)16-7-3-5-12-4-1-2-6-15(12)16;1-3-2;1-2/h1-2,4,6,8-11,16H,3,5,7H2;3H2,1-2H3;1-2H3. The summed E-state index contributed by atoms with van der Waals surface area (Å²) in [4.78, 5) is 0. The summed E-state index contributed by atoms with van der Waals surface area (Å²) < 4.78 is 12.9. The van der Waals surface area contributed by atoms with Gasteiger partial charge in [-0.05, 0) is 48.1 Å². The van der Waals surface area contributed by atoms with Crippen molar-refractivity contribution in [2.75, 3.05) is 0 Å². The van der Waals surface area contributed by atoms with Crippen molar-refractivity contribution in [2.45, 2.75) is 59.3 Å². The molecule has 0 amide bonds. The number of halogens is 1. The Balaban J connectivity index is 0.000000435. The largest absolute Gasteiger partial charge is 0.207 e. The molecule has 0 saturated heterocycles. The molecule has 0 bridgehead atoms. The van der Waals surface area contributed by atoms with E-state index >= 15 is 0 Å². The number of hydrogen-bond acceptors (Lipinski definition) is 0. The zero-order chi connectivity index (χ0) is 16.4. The van der Waals surface area contributed by atoms with Crippen LogP contribution in [0, 0.1) is 5.82 Å². The second-order valence-electron chi connectivity index (χ2n) is 5.40. The predicted octanol–water partition coefficient (Wildman–Crippen LogP) is 6.74. The molecular weight excluding hydrogens is 271 g/mol. The van der Waals surface area contributed by atoms with Gasteiger partial charge < -0.3 is 0 Å². The highest BCUT2D eigenvalue weighted by molar-refractivity contribution is 5.39. The fourth-order valence-corrected chi connectivity index (χ4v) is 2.80. The molecule has 1 aliphatic rings. The van der Waals surface area contributed by atoms with Gasteiger partial charge in [0.1, 0.15) is 5.82 Å². The van der Waals surface area contributed by atoms with Crippen LogP contribution in [0.2, 0.25) is 0 Å². The van der Waals surface area contributed by atoms with Crippen LogP contribution in [0.1, 0.15) is 69.6 Å². The van der Waals surface area contributed by atoms with Crippen LogP contribution in [-0.4, -0.2) is 0 Å². The molecule has 2 aromatic carbocycles. The highest BCUT2D eigenvalue weighted by Gasteiger charge is 2.20. The molecule has 0 aromatic heterocycles. The maximum absolute atomic E-state index is 12.9. The summed E-state index contributed by atoms with van der Waals surface area (Å²) in [6.45, 7) is 8.25. The van der Waals surface area contributed by atoms with E-state index in [0.717, 1.165) is 0 Å². The number of hydrogen-bond donors (Lipinski definition) is 0. The Morgan fingerprint density at radius 2 is 1.55 bits per heavy atom. The van der Waals surface area contributed by atoms with Gasteiger partial charge in [0.25, 0.3) is 0 Å². The van der Waals surface area contributed by atoms with Gasteiger partial charge in [-0.2, -0.15) is 0 Å². The lowest BCUT2D eigenvalue weighted by Crippen LogP contribution is -2.10. The van der Waals surface area contributed by atoms with Crippen molar-refractivity contribution in [1.82, 2.24) is 0 Å². The number of benzene rings is 2. The van der Waals surface area contributed by atoms with Crippen LogP contribution >= 0.6 is 0 Å². The lowest BCUT2D eigenvalue weighted by atomic mass is 9.79. The van der Waals surface area contributed by atoms with Crippen molar-refractivity contribution in [1.29, 1.82) is 0 Å². The van der Waals surface area contributed by atoms with Crippen LogP contribution < -0.4 is 0 Å². The quantitative estimate of drug-likeness (QED) is 0.547. The van der Waals surface area contributed by atoms with Crippen molar-refractivity contribution in [3.63, 3.8) is 0 Å². The predicted molar refractivity (Wildman–Crippen MR) is 94.9 cm³/mol. The minimum absolute atomic E-state index is 0.155. The number of rotatable bonds is 1. The van der Waals surface area contributed by atoms with Gasteiger partial charge in [0.15, 0.2) is 0 Å². The maximum atomic E-state index is 12.9. The highest BCUT2D eigenvalue weighted by atomic mass is 19.1. The highest BCUT2D eigenvalue weighted by Crippen LogP contribution is 2.36. The van der Waals surface area contributed by atoms with E-state index in [0.29, 0.717) is 5.92 Å². The second-order valence-corrected chi connectivity index (χ2v) is 5.40. The van der Waals surface area contributed by atoms with Crippen molar-refractivity contribution in [2.24, 2.45) is 0 Å². The molecular formula is C21H29F. The third-order valence-electron chi connectivity index (χ3n) is 3.64. The molecule has 120 valence electrons. The van der Waals surface area contributed by atoms with E-state index in [-0.39, 0.29) is 5.82 Å². The van der Waals surface area contributed by atoms with Crippen molar-refractivity contribution >= 4 is 0 Å². The summed E-state index contributed by atoms with van der Waals surface area (Å²) in [6, 6.07) is 15.6. The van der Waals surface area contributed by atoms with Gasteiger partial charge in [-0.1, -0.05) is 70.5 Å². The summed E-state index contributed by atoms with van der Waals surface area (Å²) in [7, 11) is 0. The Morgan fingerprint density at radius 1 is 0.955 bits per heavy atom. The molecule has 0 nitrogen and oxygen atoms in total. The lowest BCUT2D eigenvalue weighted by molar-refractivity contribution is 0.607. The topological polar surface area (TPSA) is 0 Å². The minimum Gasteiger partial charge on any atom is -0.207 e. The molecule has 22 heavy (non-hydrogen) atoms. The SMILES string of the molecule is CC.CCC.Fc1ccc(C2CCCc3ccccc32)cc1. The maximum Gasteiger partial charge on any atom is 0.123 e. The van der Waals surface area contributed by atoms with E-state index in [1.807, 2.05) is 26.0 Å². The van der Waals surface area contributed by atoms with Crippen LogP contribution in [0.3, 0.4) is 0 Å². The first-order chi connectivity index (χ1) is 10.8. The summed E-state index contributed by atoms with van der Waals surface area (Å²) in [6.07, 6.45) is 4.82. The van der Waals surface area contributed by atoms with Crippen LogP contribution in [-0.2, 0) is 6.42 Å². The van der Waals surface area contributed by atoms with E-state index in [4.69, 9.17) is 0 Å². The van der Waals surface area contributed by atoms with Crippen molar-refractivity contribution < 1.29 is 4.39 Å². The Morgan fingerprint density at radius 3 is 2.18 bits per heavy atom. The van der Waals surface area contributed by atoms with Crippen LogP contribution in [0.5, 0.6) is 0 Å². The Bertz CT molecular complexity index is 528. The minimum atomic E-state index is -0.155. The van der Waals surface area contributed by atoms with Crippen molar-refractivity contribution in [3.05, 3.63) is 71.0 Å². The molecule has 1 aliphatic carbocycles. The van der Waals surface area contributed by atoms with Gasteiger partial charge in [0, 0.05) is 5.92 Å². The smallest absolute Gasteiger partial charge is 0.123 e. The van der Waals surface area contributed by atoms with E-state index in [1.165, 1.54) is 42.4 Å². The van der Waals surface area contributed by atoms with E-state index in [1.54, 1.807) is 12.1 Å². The van der Waals surface area contributed by atoms with E-state index in [2.05, 4.69) is 38.1 Å². The third kappa shape index (κ3) is 4.98. The molecule has 1 unspecified atom stereocenters. The average Bonchev–Trinajstić information content (AvgIpc) is 2.58. The van der Waals surface area contributed by atoms with Crippen LogP contribution in [0.15, 0.2) is 48.5 Å². The molecule has 0 fully saturated rings. The summed E-state index contributed by atoms with van der Waals surface area (Å²) in [5.74, 6) is 0.290. The third-order valence-corrected chi connectivity index (χ3v) is 3.64. The van der Waals surface area contributed by atoms with E-state index in [9.17, 15) is 4.39 Å². The summed E-state index contributed by atoms with van der Waals surface area (Å²) in [5.41, 5.74) is 4.11. The molecule has 2 aromatic rings. The first kappa shape index (κ1) is 18.4. The Hall–Kier alpha value is -1.63.